The molecule has 26 heavy (non-hydrogen) atoms. The van der Waals surface area contributed by atoms with Gasteiger partial charge in [0.1, 0.15) is 0 Å². The highest BCUT2D eigenvalue weighted by molar-refractivity contribution is 5.79. The summed E-state index contributed by atoms with van der Waals surface area (Å²) < 4.78 is 47.3. The van der Waals surface area contributed by atoms with Gasteiger partial charge in [-0.15, -0.1) is 0 Å². The Morgan fingerprint density at radius 2 is 2.04 bits per heavy atom. The van der Waals surface area contributed by atoms with E-state index in [0.29, 0.717) is 35.4 Å². The van der Waals surface area contributed by atoms with E-state index in [0.717, 1.165) is 18.6 Å². The van der Waals surface area contributed by atoms with E-state index in [2.05, 4.69) is 4.98 Å². The standard InChI is InChI=1S/C18H16F3N3O2/c1-23-16-15(24(17(23)25)10-14-5-6-26-14)8-12(9-22-16)11-3-2-4-13(7-11)18(19,20)21/h2-4,7-9,14H,5-6,10H2,1H3. The normalized spacial score (nSPS) is 17.5. The Morgan fingerprint density at radius 3 is 2.69 bits per heavy atom. The SMILES string of the molecule is Cn1c(=O)n(CC2CCO2)c2cc(-c3cccc(C(F)(F)F)c3)cnc21. The predicted octanol–water partition coefficient (Wildman–Crippen LogP) is 3.21. The second kappa shape index (κ2) is 5.98. The smallest absolute Gasteiger partial charge is 0.376 e. The lowest BCUT2D eigenvalue weighted by atomic mass is 10.0. The minimum Gasteiger partial charge on any atom is -0.376 e. The Hall–Kier alpha value is -2.61. The van der Waals surface area contributed by atoms with Crippen molar-refractivity contribution in [1.82, 2.24) is 14.1 Å². The first-order valence-corrected chi connectivity index (χ1v) is 8.19. The highest BCUT2D eigenvalue weighted by atomic mass is 19.4. The zero-order chi connectivity index (χ0) is 18.5. The van der Waals surface area contributed by atoms with Crippen LogP contribution in [0.15, 0.2) is 41.3 Å². The van der Waals surface area contributed by atoms with E-state index in [1.54, 1.807) is 23.7 Å². The molecule has 2 aromatic heterocycles. The van der Waals surface area contributed by atoms with Gasteiger partial charge in [-0.05, 0) is 30.2 Å². The van der Waals surface area contributed by atoms with Crippen LogP contribution in [0.4, 0.5) is 13.2 Å². The molecule has 136 valence electrons. The molecule has 0 N–H and O–H groups in total. The van der Waals surface area contributed by atoms with Crippen LogP contribution in [0.3, 0.4) is 0 Å². The summed E-state index contributed by atoms with van der Waals surface area (Å²) in [6.07, 6.45) is -2.06. The van der Waals surface area contributed by atoms with Crippen molar-refractivity contribution < 1.29 is 17.9 Å². The summed E-state index contributed by atoms with van der Waals surface area (Å²) in [5.74, 6) is 0. The average Bonchev–Trinajstić information content (AvgIpc) is 2.81. The molecule has 1 aliphatic rings. The monoisotopic (exact) mass is 363 g/mol. The van der Waals surface area contributed by atoms with E-state index in [4.69, 9.17) is 4.74 Å². The van der Waals surface area contributed by atoms with Gasteiger partial charge in [-0.25, -0.2) is 9.78 Å². The average molecular weight is 363 g/mol. The van der Waals surface area contributed by atoms with Gasteiger partial charge in [0.2, 0.25) is 0 Å². The van der Waals surface area contributed by atoms with Gasteiger partial charge in [0, 0.05) is 25.4 Å². The summed E-state index contributed by atoms with van der Waals surface area (Å²) in [6.45, 7) is 1.09. The van der Waals surface area contributed by atoms with Crippen molar-refractivity contribution in [2.24, 2.45) is 7.05 Å². The minimum atomic E-state index is -4.41. The number of fused-ring (bicyclic) bond motifs is 1. The number of aryl methyl sites for hydroxylation is 1. The van der Waals surface area contributed by atoms with E-state index in [-0.39, 0.29) is 11.8 Å². The molecule has 4 rings (SSSR count). The zero-order valence-electron chi connectivity index (χ0n) is 14.0. The van der Waals surface area contributed by atoms with Crippen LogP contribution in [0.1, 0.15) is 12.0 Å². The molecule has 1 unspecified atom stereocenters. The summed E-state index contributed by atoms with van der Waals surface area (Å²) in [7, 11) is 1.62. The lowest BCUT2D eigenvalue weighted by molar-refractivity contribution is -0.137. The molecule has 3 heterocycles. The maximum absolute atomic E-state index is 13.0. The molecule has 1 aromatic carbocycles. The zero-order valence-corrected chi connectivity index (χ0v) is 14.0. The topological polar surface area (TPSA) is 49.0 Å². The van der Waals surface area contributed by atoms with E-state index in [1.165, 1.54) is 16.8 Å². The predicted molar refractivity (Wildman–Crippen MR) is 89.8 cm³/mol. The van der Waals surface area contributed by atoms with Crippen LogP contribution >= 0.6 is 0 Å². The van der Waals surface area contributed by atoms with Crippen LogP contribution in [0.25, 0.3) is 22.3 Å². The van der Waals surface area contributed by atoms with Crippen LogP contribution in [-0.2, 0) is 24.5 Å². The van der Waals surface area contributed by atoms with Crippen molar-refractivity contribution in [1.29, 1.82) is 0 Å². The molecule has 0 saturated carbocycles. The quantitative estimate of drug-likeness (QED) is 0.718. The molecule has 0 radical (unpaired) electrons. The van der Waals surface area contributed by atoms with E-state index in [1.807, 2.05) is 0 Å². The molecule has 1 aliphatic heterocycles. The van der Waals surface area contributed by atoms with E-state index < -0.39 is 11.7 Å². The van der Waals surface area contributed by atoms with Crippen molar-refractivity contribution in [3.8, 4) is 11.1 Å². The Morgan fingerprint density at radius 1 is 1.27 bits per heavy atom. The van der Waals surface area contributed by atoms with Gasteiger partial charge in [0.05, 0.1) is 23.7 Å². The number of benzene rings is 1. The highest BCUT2D eigenvalue weighted by Crippen LogP contribution is 2.32. The van der Waals surface area contributed by atoms with Gasteiger partial charge in [-0.2, -0.15) is 13.2 Å². The molecule has 3 aromatic rings. The van der Waals surface area contributed by atoms with Crippen LogP contribution in [0.2, 0.25) is 0 Å². The molecule has 1 saturated heterocycles. The molecular formula is C18H16F3N3O2. The first-order valence-electron chi connectivity index (χ1n) is 8.19. The molecular weight excluding hydrogens is 347 g/mol. The van der Waals surface area contributed by atoms with Crippen molar-refractivity contribution in [2.75, 3.05) is 6.61 Å². The Bertz CT molecular complexity index is 1030. The third kappa shape index (κ3) is 2.80. The first-order chi connectivity index (χ1) is 12.3. The molecule has 0 aliphatic carbocycles. The number of aromatic nitrogens is 3. The van der Waals surface area contributed by atoms with Gasteiger partial charge in [-0.1, -0.05) is 12.1 Å². The minimum absolute atomic E-state index is 0.0180. The van der Waals surface area contributed by atoms with Crippen molar-refractivity contribution in [3.63, 3.8) is 0 Å². The van der Waals surface area contributed by atoms with Gasteiger partial charge in [-0.3, -0.25) is 9.13 Å². The maximum atomic E-state index is 13.0. The van der Waals surface area contributed by atoms with Gasteiger partial charge in [0.25, 0.3) is 0 Å². The lowest BCUT2D eigenvalue weighted by Gasteiger charge is -2.26. The fourth-order valence-corrected chi connectivity index (χ4v) is 3.12. The number of pyridine rings is 1. The van der Waals surface area contributed by atoms with Crippen LogP contribution in [-0.4, -0.2) is 26.8 Å². The van der Waals surface area contributed by atoms with Crippen molar-refractivity contribution in [3.05, 3.63) is 52.6 Å². The number of imidazole rings is 1. The summed E-state index contributed by atoms with van der Waals surface area (Å²) >= 11 is 0. The first kappa shape index (κ1) is 16.8. The number of hydrogen-bond donors (Lipinski definition) is 0. The molecule has 5 nitrogen and oxygen atoms in total. The summed E-state index contributed by atoms with van der Waals surface area (Å²) in [5, 5.41) is 0. The number of nitrogens with zero attached hydrogens (tertiary/aromatic N) is 3. The molecule has 0 spiro atoms. The summed E-state index contributed by atoms with van der Waals surface area (Å²) in [4.78, 5) is 16.8. The second-order valence-electron chi connectivity index (χ2n) is 6.38. The van der Waals surface area contributed by atoms with Gasteiger partial charge < -0.3 is 4.74 Å². The summed E-state index contributed by atoms with van der Waals surface area (Å²) in [6, 6.07) is 6.78. The number of ether oxygens (including phenoxy) is 1. The third-order valence-electron chi connectivity index (χ3n) is 4.68. The Kier molecular flexibility index (Phi) is 3.87. The molecule has 1 atom stereocenters. The van der Waals surface area contributed by atoms with Crippen LogP contribution < -0.4 is 5.69 Å². The Balaban J connectivity index is 1.82. The fraction of sp³-hybridized carbons (Fsp3) is 0.333. The summed E-state index contributed by atoms with van der Waals surface area (Å²) in [5.41, 5.74) is 1.06. The van der Waals surface area contributed by atoms with Crippen LogP contribution in [0.5, 0.6) is 0 Å². The Labute approximate surface area is 146 Å². The highest BCUT2D eigenvalue weighted by Gasteiger charge is 2.30. The number of rotatable bonds is 3. The molecule has 0 bridgehead atoms. The van der Waals surface area contributed by atoms with Crippen LogP contribution in [0, 0.1) is 0 Å². The lowest BCUT2D eigenvalue weighted by Crippen LogP contribution is -2.35. The van der Waals surface area contributed by atoms with Crippen molar-refractivity contribution in [2.45, 2.75) is 25.2 Å². The molecule has 1 fully saturated rings. The van der Waals surface area contributed by atoms with E-state index >= 15 is 0 Å². The largest absolute Gasteiger partial charge is 0.416 e. The molecule has 8 heteroatoms. The van der Waals surface area contributed by atoms with Gasteiger partial charge in [0.15, 0.2) is 5.65 Å². The number of hydrogen-bond acceptors (Lipinski definition) is 3. The van der Waals surface area contributed by atoms with Gasteiger partial charge >= 0.3 is 11.9 Å². The second-order valence-corrected chi connectivity index (χ2v) is 6.38. The molecule has 0 amide bonds. The third-order valence-corrected chi connectivity index (χ3v) is 4.68. The maximum Gasteiger partial charge on any atom is 0.416 e. The van der Waals surface area contributed by atoms with E-state index in [9.17, 15) is 18.0 Å². The van der Waals surface area contributed by atoms with Crippen molar-refractivity contribution >= 4 is 11.2 Å². The fourth-order valence-electron chi connectivity index (χ4n) is 3.12. The number of alkyl halides is 3. The number of halogens is 3.